The molecule has 0 aliphatic rings. The highest BCUT2D eigenvalue weighted by molar-refractivity contribution is 5.87. The molecule has 1 aromatic heterocycles. The lowest BCUT2D eigenvalue weighted by Crippen LogP contribution is -2.04. The first-order valence-electron chi connectivity index (χ1n) is 8.78. The normalized spacial score (nSPS) is 10.7. The van der Waals surface area contributed by atoms with Crippen LogP contribution in [0.15, 0.2) is 33.5 Å². The second kappa shape index (κ2) is 8.83. The van der Waals surface area contributed by atoms with Gasteiger partial charge in [-0.2, -0.15) is 0 Å². The fourth-order valence-electron chi connectivity index (χ4n) is 3.10. The number of phenols is 1. The quantitative estimate of drug-likeness (QED) is 0.552. The molecule has 0 spiro atoms. The van der Waals surface area contributed by atoms with Crippen LogP contribution in [-0.4, -0.2) is 47.4 Å². The van der Waals surface area contributed by atoms with E-state index in [1.54, 1.807) is 6.07 Å². The van der Waals surface area contributed by atoms with Crippen LogP contribution in [0.5, 0.6) is 34.5 Å². The molecule has 0 saturated carbocycles. The Labute approximate surface area is 172 Å². The summed E-state index contributed by atoms with van der Waals surface area (Å²) < 4.78 is 37.8. The number of hydrogen-bond acceptors (Lipinski definition) is 9. The standard InChI is InChI=1S/C21H22O9/c1-24-10-29-11-6-13(22)18-14(23)9-15(30-16(18)7-11)12-8-17(25-2)20(27-4)21(28-5)19(12)26-3/h6-9,22H,10H2,1-5H3. The lowest BCUT2D eigenvalue weighted by atomic mass is 10.1. The van der Waals surface area contributed by atoms with Gasteiger partial charge >= 0.3 is 0 Å². The zero-order valence-electron chi connectivity index (χ0n) is 17.2. The van der Waals surface area contributed by atoms with E-state index in [0.29, 0.717) is 17.1 Å². The summed E-state index contributed by atoms with van der Waals surface area (Å²) in [5.41, 5.74) is 0.0750. The Kier molecular flexibility index (Phi) is 6.22. The molecule has 0 fully saturated rings. The van der Waals surface area contributed by atoms with Crippen LogP contribution >= 0.6 is 0 Å². The smallest absolute Gasteiger partial charge is 0.208 e. The highest BCUT2D eigenvalue weighted by atomic mass is 16.7. The van der Waals surface area contributed by atoms with Gasteiger partial charge in [0.15, 0.2) is 23.7 Å². The molecule has 9 heteroatoms. The molecular weight excluding hydrogens is 396 g/mol. The highest BCUT2D eigenvalue weighted by Crippen LogP contribution is 2.50. The molecule has 3 aromatic rings. The predicted octanol–water partition coefficient (Wildman–Crippen LogP) is 3.18. The van der Waals surface area contributed by atoms with Gasteiger partial charge in [-0.25, -0.2) is 0 Å². The third-order valence-electron chi connectivity index (χ3n) is 4.38. The second-order valence-corrected chi connectivity index (χ2v) is 6.07. The summed E-state index contributed by atoms with van der Waals surface area (Å²) in [6, 6.07) is 5.66. The molecule has 0 saturated heterocycles. The SMILES string of the molecule is COCOc1cc(O)c2c(=O)cc(-c3cc(OC)c(OC)c(OC)c3OC)oc2c1. The van der Waals surface area contributed by atoms with E-state index in [2.05, 4.69) is 0 Å². The fourth-order valence-corrected chi connectivity index (χ4v) is 3.10. The highest BCUT2D eigenvalue weighted by Gasteiger charge is 2.24. The monoisotopic (exact) mass is 418 g/mol. The predicted molar refractivity (Wildman–Crippen MR) is 108 cm³/mol. The maximum absolute atomic E-state index is 12.7. The van der Waals surface area contributed by atoms with Crippen molar-refractivity contribution in [2.45, 2.75) is 0 Å². The molecule has 160 valence electrons. The minimum Gasteiger partial charge on any atom is -0.507 e. The lowest BCUT2D eigenvalue weighted by Gasteiger charge is -2.18. The zero-order chi connectivity index (χ0) is 21.8. The van der Waals surface area contributed by atoms with Gasteiger partial charge in [0.1, 0.15) is 28.2 Å². The molecule has 0 aliphatic carbocycles. The van der Waals surface area contributed by atoms with Crippen LogP contribution in [-0.2, 0) is 4.74 Å². The van der Waals surface area contributed by atoms with E-state index in [-0.39, 0.29) is 46.5 Å². The Morgan fingerprint density at radius 2 is 1.57 bits per heavy atom. The van der Waals surface area contributed by atoms with Crippen LogP contribution in [0.2, 0.25) is 0 Å². The molecule has 0 amide bonds. The lowest BCUT2D eigenvalue weighted by molar-refractivity contribution is 0.0510. The fraction of sp³-hybridized carbons (Fsp3) is 0.286. The molecule has 0 radical (unpaired) electrons. The van der Waals surface area contributed by atoms with Gasteiger partial charge in [0.05, 0.1) is 34.0 Å². The van der Waals surface area contributed by atoms with Gasteiger partial charge in [-0.1, -0.05) is 0 Å². The van der Waals surface area contributed by atoms with Crippen LogP contribution in [0.25, 0.3) is 22.3 Å². The maximum Gasteiger partial charge on any atom is 0.208 e. The van der Waals surface area contributed by atoms with E-state index in [1.165, 1.54) is 53.7 Å². The minimum absolute atomic E-state index is 0.0231. The third-order valence-corrected chi connectivity index (χ3v) is 4.38. The van der Waals surface area contributed by atoms with Crippen LogP contribution in [0.1, 0.15) is 0 Å². The number of hydrogen-bond donors (Lipinski definition) is 1. The van der Waals surface area contributed by atoms with E-state index < -0.39 is 5.43 Å². The summed E-state index contributed by atoms with van der Waals surface area (Å²) in [5, 5.41) is 10.3. The summed E-state index contributed by atoms with van der Waals surface area (Å²) in [7, 11) is 7.32. The summed E-state index contributed by atoms with van der Waals surface area (Å²) in [4.78, 5) is 12.7. The van der Waals surface area contributed by atoms with Crippen LogP contribution in [0.4, 0.5) is 0 Å². The number of benzene rings is 2. The van der Waals surface area contributed by atoms with Crippen molar-refractivity contribution in [2.75, 3.05) is 42.3 Å². The minimum atomic E-state index is -0.446. The molecule has 0 aliphatic heterocycles. The number of aromatic hydroxyl groups is 1. The number of methoxy groups -OCH3 is 5. The van der Waals surface area contributed by atoms with Gasteiger partial charge < -0.3 is 37.9 Å². The number of fused-ring (bicyclic) bond motifs is 1. The molecule has 1 heterocycles. The first-order chi connectivity index (χ1) is 14.5. The molecule has 3 rings (SSSR count). The Morgan fingerprint density at radius 1 is 0.867 bits per heavy atom. The molecule has 0 atom stereocenters. The van der Waals surface area contributed by atoms with Crippen LogP contribution < -0.4 is 29.1 Å². The topological polar surface area (TPSA) is 106 Å². The van der Waals surface area contributed by atoms with E-state index >= 15 is 0 Å². The van der Waals surface area contributed by atoms with E-state index in [4.69, 9.17) is 32.8 Å². The van der Waals surface area contributed by atoms with Gasteiger partial charge in [0.25, 0.3) is 0 Å². The van der Waals surface area contributed by atoms with Gasteiger partial charge in [0.2, 0.25) is 11.5 Å². The number of ether oxygens (including phenoxy) is 6. The van der Waals surface area contributed by atoms with Gasteiger partial charge in [0, 0.05) is 25.3 Å². The first-order valence-corrected chi connectivity index (χ1v) is 8.78. The van der Waals surface area contributed by atoms with E-state index in [0.717, 1.165) is 0 Å². The second-order valence-electron chi connectivity index (χ2n) is 6.07. The van der Waals surface area contributed by atoms with Crippen LogP contribution in [0, 0.1) is 0 Å². The van der Waals surface area contributed by atoms with Gasteiger partial charge in [-0.05, 0) is 6.07 Å². The summed E-state index contributed by atoms with van der Waals surface area (Å²) in [6.45, 7) is -0.0322. The van der Waals surface area contributed by atoms with Crippen molar-refractivity contribution in [1.29, 1.82) is 0 Å². The average molecular weight is 418 g/mol. The molecule has 2 aromatic carbocycles. The third kappa shape index (κ3) is 3.67. The molecule has 0 unspecified atom stereocenters. The van der Waals surface area contributed by atoms with E-state index in [1.807, 2.05) is 0 Å². The molecule has 9 nitrogen and oxygen atoms in total. The van der Waals surface area contributed by atoms with Crippen molar-refractivity contribution < 1.29 is 37.9 Å². The van der Waals surface area contributed by atoms with Crippen molar-refractivity contribution in [3.8, 4) is 45.8 Å². The van der Waals surface area contributed by atoms with E-state index in [9.17, 15) is 9.90 Å². The molecule has 1 N–H and O–H groups in total. The van der Waals surface area contributed by atoms with Crippen molar-refractivity contribution >= 4 is 11.0 Å². The van der Waals surface area contributed by atoms with Crippen molar-refractivity contribution in [1.82, 2.24) is 0 Å². The maximum atomic E-state index is 12.7. The van der Waals surface area contributed by atoms with Crippen molar-refractivity contribution in [2.24, 2.45) is 0 Å². The average Bonchev–Trinajstić information content (AvgIpc) is 2.75. The van der Waals surface area contributed by atoms with Crippen LogP contribution in [0.3, 0.4) is 0 Å². The van der Waals surface area contributed by atoms with Crippen molar-refractivity contribution in [3.63, 3.8) is 0 Å². The molecule has 30 heavy (non-hydrogen) atoms. The Balaban J connectivity index is 2.29. The number of phenolic OH excluding ortho intramolecular Hbond substituents is 1. The summed E-state index contributed by atoms with van der Waals surface area (Å²) >= 11 is 0. The Morgan fingerprint density at radius 3 is 2.17 bits per heavy atom. The zero-order valence-corrected chi connectivity index (χ0v) is 17.2. The van der Waals surface area contributed by atoms with Crippen molar-refractivity contribution in [3.05, 3.63) is 34.5 Å². The Bertz CT molecular complexity index is 1120. The van der Waals surface area contributed by atoms with Gasteiger partial charge in [-0.15, -0.1) is 0 Å². The van der Waals surface area contributed by atoms with Gasteiger partial charge in [-0.3, -0.25) is 4.79 Å². The summed E-state index contributed by atoms with van der Waals surface area (Å²) in [5.74, 6) is 1.43. The molecule has 0 bridgehead atoms. The largest absolute Gasteiger partial charge is 0.507 e. The number of rotatable bonds is 8. The molecular formula is C21H22O9. The Hall–Kier alpha value is -3.59. The summed E-state index contributed by atoms with van der Waals surface area (Å²) in [6.07, 6.45) is 0. The first kappa shape index (κ1) is 21.1.